The van der Waals surface area contributed by atoms with Crippen molar-refractivity contribution in [2.75, 3.05) is 0 Å². The van der Waals surface area contributed by atoms with E-state index in [1.807, 2.05) is 13.0 Å². The van der Waals surface area contributed by atoms with Crippen molar-refractivity contribution in [3.63, 3.8) is 0 Å². The Morgan fingerprint density at radius 1 is 1.57 bits per heavy atom. The maximum atomic E-state index is 4.71. The molecule has 1 heterocycles. The van der Waals surface area contributed by atoms with Gasteiger partial charge in [-0.15, -0.1) is 0 Å². The van der Waals surface area contributed by atoms with Crippen molar-refractivity contribution in [2.24, 2.45) is 0 Å². The molecule has 0 atom stereocenters. The zero-order valence-electron chi connectivity index (χ0n) is 3.97. The first-order chi connectivity index (χ1) is 2.89. The van der Waals surface area contributed by atoms with Gasteiger partial charge in [-0.1, -0.05) is 0 Å². The first kappa shape index (κ1) is 6.79. The van der Waals surface area contributed by atoms with Gasteiger partial charge < -0.3 is 4.42 Å². The first-order valence-corrected chi connectivity index (χ1v) is 1.88. The number of aryl methyl sites for hydroxylation is 1. The van der Waals surface area contributed by atoms with Crippen LogP contribution in [-0.2, 0) is 16.8 Å². The predicted octanol–water partition coefficient (Wildman–Crippen LogP) is 1.59. The molecule has 0 unspecified atom stereocenters. The molecule has 0 spiro atoms. The summed E-state index contributed by atoms with van der Waals surface area (Å²) in [6.45, 7) is 1.99. The molecule has 0 aliphatic rings. The zero-order chi connectivity index (χ0) is 4.41. The van der Waals surface area contributed by atoms with Crippen LogP contribution in [0.1, 0.15) is 5.56 Å². The molecular weight excluding hydrogens is 135 g/mol. The van der Waals surface area contributed by atoms with Crippen molar-refractivity contribution in [2.45, 2.75) is 6.92 Å². The number of hydrogen-bond donors (Lipinski definition) is 0. The van der Waals surface area contributed by atoms with E-state index < -0.39 is 0 Å². The fourth-order valence-corrected chi connectivity index (χ4v) is 0.333. The topological polar surface area (TPSA) is 13.1 Å². The molecule has 1 nitrogen and oxygen atoms in total. The Morgan fingerprint density at radius 2 is 2.29 bits per heavy atom. The van der Waals surface area contributed by atoms with Crippen molar-refractivity contribution >= 4 is 0 Å². The van der Waals surface area contributed by atoms with Crippen LogP contribution in [-0.4, -0.2) is 0 Å². The first-order valence-electron chi connectivity index (χ1n) is 1.88. The summed E-state index contributed by atoms with van der Waals surface area (Å²) in [7, 11) is 0. The summed E-state index contributed by atoms with van der Waals surface area (Å²) in [6, 6.07) is 1.92. The summed E-state index contributed by atoms with van der Waals surface area (Å²) in [5.41, 5.74) is 1.18. The normalized spacial score (nSPS) is 7.57. The minimum absolute atomic E-state index is 0. The predicted molar refractivity (Wildman–Crippen MR) is 23.4 cm³/mol. The quantitative estimate of drug-likeness (QED) is 0.534. The summed E-state index contributed by atoms with van der Waals surface area (Å²) < 4.78 is 4.71. The second-order valence-corrected chi connectivity index (χ2v) is 1.30. The molecular formula is C5H6CoO. The zero-order valence-corrected chi connectivity index (χ0v) is 5.01. The van der Waals surface area contributed by atoms with Gasteiger partial charge in [0, 0.05) is 16.8 Å². The minimum atomic E-state index is 0. The van der Waals surface area contributed by atoms with E-state index in [4.69, 9.17) is 4.42 Å². The van der Waals surface area contributed by atoms with Gasteiger partial charge in [-0.25, -0.2) is 0 Å². The molecule has 0 bridgehead atoms. The van der Waals surface area contributed by atoms with E-state index in [1.54, 1.807) is 12.5 Å². The van der Waals surface area contributed by atoms with Gasteiger partial charge in [0.2, 0.25) is 0 Å². The molecule has 0 fully saturated rings. The molecule has 0 N–H and O–H groups in total. The van der Waals surface area contributed by atoms with Crippen molar-refractivity contribution in [1.82, 2.24) is 0 Å². The van der Waals surface area contributed by atoms with Crippen LogP contribution in [0.3, 0.4) is 0 Å². The van der Waals surface area contributed by atoms with Crippen molar-refractivity contribution in [3.8, 4) is 0 Å². The standard InChI is InChI=1S/C5H6O.Co/c1-5-2-3-6-4-5;/h2-4H,1H3;. The average Bonchev–Trinajstić information content (AvgIpc) is 1.86. The third kappa shape index (κ3) is 1.80. The third-order valence-corrected chi connectivity index (χ3v) is 0.663. The van der Waals surface area contributed by atoms with Crippen molar-refractivity contribution in [1.29, 1.82) is 0 Å². The Kier molecular flexibility index (Phi) is 2.79. The summed E-state index contributed by atoms with van der Waals surface area (Å²) in [5, 5.41) is 0. The van der Waals surface area contributed by atoms with Gasteiger partial charge in [0.1, 0.15) is 0 Å². The Bertz CT molecular complexity index is 112. The van der Waals surface area contributed by atoms with Crippen LogP contribution in [0.25, 0.3) is 0 Å². The summed E-state index contributed by atoms with van der Waals surface area (Å²) in [4.78, 5) is 0. The molecule has 0 aliphatic heterocycles. The molecule has 0 aliphatic carbocycles. The maximum absolute atomic E-state index is 4.71. The van der Waals surface area contributed by atoms with E-state index in [1.165, 1.54) is 5.56 Å². The largest absolute Gasteiger partial charge is 0.472 e. The van der Waals surface area contributed by atoms with Gasteiger partial charge in [-0.2, -0.15) is 0 Å². The van der Waals surface area contributed by atoms with E-state index in [-0.39, 0.29) is 16.8 Å². The van der Waals surface area contributed by atoms with E-state index in [0.717, 1.165) is 0 Å². The van der Waals surface area contributed by atoms with E-state index >= 15 is 0 Å². The number of furan rings is 1. The van der Waals surface area contributed by atoms with Crippen LogP contribution in [0.4, 0.5) is 0 Å². The Labute approximate surface area is 52.9 Å². The van der Waals surface area contributed by atoms with Gasteiger partial charge in [0.15, 0.2) is 0 Å². The molecule has 0 amide bonds. The van der Waals surface area contributed by atoms with Gasteiger partial charge in [0.25, 0.3) is 0 Å². The molecule has 1 aromatic rings. The van der Waals surface area contributed by atoms with Crippen LogP contribution < -0.4 is 0 Å². The number of hydrogen-bond acceptors (Lipinski definition) is 1. The monoisotopic (exact) mass is 141 g/mol. The molecule has 41 valence electrons. The molecule has 7 heavy (non-hydrogen) atoms. The van der Waals surface area contributed by atoms with E-state index in [9.17, 15) is 0 Å². The smallest absolute Gasteiger partial charge is 0.0931 e. The van der Waals surface area contributed by atoms with Crippen LogP contribution in [0.2, 0.25) is 0 Å². The molecule has 1 radical (unpaired) electrons. The van der Waals surface area contributed by atoms with E-state index in [0.29, 0.717) is 0 Å². The third-order valence-electron chi connectivity index (χ3n) is 0.663. The maximum Gasteiger partial charge on any atom is 0.0931 e. The SMILES string of the molecule is Cc1ccoc1.[Co]. The van der Waals surface area contributed by atoms with Gasteiger partial charge >= 0.3 is 0 Å². The molecule has 0 saturated heterocycles. The fourth-order valence-electron chi connectivity index (χ4n) is 0.333. The second-order valence-electron chi connectivity index (χ2n) is 1.30. The Balaban J connectivity index is 0.000000360. The molecule has 2 heteroatoms. The molecule has 0 saturated carbocycles. The van der Waals surface area contributed by atoms with E-state index in [2.05, 4.69) is 0 Å². The van der Waals surface area contributed by atoms with Crippen LogP contribution in [0.15, 0.2) is 23.0 Å². The Morgan fingerprint density at radius 3 is 2.43 bits per heavy atom. The van der Waals surface area contributed by atoms with Crippen LogP contribution in [0.5, 0.6) is 0 Å². The van der Waals surface area contributed by atoms with Crippen LogP contribution in [0, 0.1) is 6.92 Å². The van der Waals surface area contributed by atoms with Gasteiger partial charge in [-0.05, 0) is 18.6 Å². The van der Waals surface area contributed by atoms with Crippen molar-refractivity contribution in [3.05, 3.63) is 24.2 Å². The summed E-state index contributed by atoms with van der Waals surface area (Å²) in [5.74, 6) is 0. The molecule has 1 aromatic heterocycles. The second kappa shape index (κ2) is 2.88. The summed E-state index contributed by atoms with van der Waals surface area (Å²) >= 11 is 0. The number of rotatable bonds is 0. The molecule has 0 aromatic carbocycles. The average molecular weight is 141 g/mol. The van der Waals surface area contributed by atoms with Crippen LogP contribution >= 0.6 is 0 Å². The molecule has 1 rings (SSSR count). The minimum Gasteiger partial charge on any atom is -0.472 e. The van der Waals surface area contributed by atoms with Gasteiger partial charge in [0.05, 0.1) is 12.5 Å². The Hall–Kier alpha value is -0.214. The van der Waals surface area contributed by atoms with Crippen molar-refractivity contribution < 1.29 is 21.2 Å². The van der Waals surface area contributed by atoms with Gasteiger partial charge in [-0.3, -0.25) is 0 Å². The summed E-state index contributed by atoms with van der Waals surface area (Å²) in [6.07, 6.45) is 3.37. The fraction of sp³-hybridized carbons (Fsp3) is 0.200.